The number of nitrogens with one attached hydrogen (secondary N) is 2. The minimum absolute atomic E-state index is 0.171. The Labute approximate surface area is 120 Å². The second-order valence-corrected chi connectivity index (χ2v) is 5.50. The molecule has 1 aromatic carbocycles. The molecule has 1 fully saturated rings. The van der Waals surface area contributed by atoms with E-state index in [0.29, 0.717) is 0 Å². The predicted octanol–water partition coefficient (Wildman–Crippen LogP) is 1.96. The molecule has 1 saturated heterocycles. The molecule has 0 saturated carbocycles. The summed E-state index contributed by atoms with van der Waals surface area (Å²) in [6, 6.07) is 7.27. The molecule has 20 heavy (non-hydrogen) atoms. The Morgan fingerprint density at radius 1 is 1.40 bits per heavy atom. The number of hydrogen-bond acceptors (Lipinski definition) is 3. The maximum absolute atomic E-state index is 11.9. The topological polar surface area (TPSA) is 64.6 Å². The zero-order valence-electron chi connectivity index (χ0n) is 12.1. The Hall–Kier alpha value is -1.59. The quantitative estimate of drug-likeness (QED) is 0.791. The third-order valence-electron chi connectivity index (χ3n) is 3.61. The highest BCUT2D eigenvalue weighted by Gasteiger charge is 2.18. The first kappa shape index (κ1) is 14.8. The monoisotopic (exact) mass is 277 g/mol. The molecule has 2 atom stereocenters. The fraction of sp³-hybridized carbons (Fsp3) is 0.533. The summed E-state index contributed by atoms with van der Waals surface area (Å²) >= 11 is 0. The highest BCUT2D eigenvalue weighted by atomic mass is 16.3. The summed E-state index contributed by atoms with van der Waals surface area (Å²) in [6.45, 7) is 3.71. The second-order valence-electron chi connectivity index (χ2n) is 5.50. The van der Waals surface area contributed by atoms with Crippen molar-refractivity contribution in [3.05, 3.63) is 29.8 Å². The number of urea groups is 1. The van der Waals surface area contributed by atoms with Crippen molar-refractivity contribution in [1.29, 1.82) is 0 Å². The predicted molar refractivity (Wildman–Crippen MR) is 79.7 cm³/mol. The first-order chi connectivity index (χ1) is 9.54. The van der Waals surface area contributed by atoms with Crippen LogP contribution in [0.15, 0.2) is 24.3 Å². The van der Waals surface area contributed by atoms with Crippen molar-refractivity contribution < 1.29 is 9.90 Å². The molecule has 0 aliphatic carbocycles. The van der Waals surface area contributed by atoms with E-state index in [2.05, 4.69) is 22.6 Å². The molecule has 2 amide bonds. The summed E-state index contributed by atoms with van der Waals surface area (Å²) < 4.78 is 0. The van der Waals surface area contributed by atoms with E-state index < -0.39 is 6.10 Å². The van der Waals surface area contributed by atoms with Crippen molar-refractivity contribution in [3.8, 4) is 0 Å². The molecule has 5 nitrogen and oxygen atoms in total. The summed E-state index contributed by atoms with van der Waals surface area (Å²) in [7, 11) is 2.07. The number of piperidine rings is 1. The fourth-order valence-electron chi connectivity index (χ4n) is 2.48. The van der Waals surface area contributed by atoms with Crippen LogP contribution in [0.5, 0.6) is 0 Å². The van der Waals surface area contributed by atoms with Gasteiger partial charge in [-0.2, -0.15) is 0 Å². The van der Waals surface area contributed by atoms with Gasteiger partial charge in [0.2, 0.25) is 0 Å². The molecular formula is C15H23N3O2. The third-order valence-corrected chi connectivity index (χ3v) is 3.61. The molecule has 1 aliphatic heterocycles. The number of carbonyl (C=O) groups is 1. The number of amides is 2. The minimum atomic E-state index is -0.490. The minimum Gasteiger partial charge on any atom is -0.389 e. The van der Waals surface area contributed by atoms with Crippen LogP contribution in [0.4, 0.5) is 10.5 Å². The van der Waals surface area contributed by atoms with E-state index in [1.54, 1.807) is 19.1 Å². The smallest absolute Gasteiger partial charge is 0.319 e. The molecule has 3 N–H and O–H groups in total. The van der Waals surface area contributed by atoms with Gasteiger partial charge in [-0.15, -0.1) is 0 Å². The van der Waals surface area contributed by atoms with E-state index in [1.165, 1.54) is 0 Å². The molecule has 5 heteroatoms. The van der Waals surface area contributed by atoms with Gasteiger partial charge in [0.25, 0.3) is 0 Å². The number of anilines is 1. The van der Waals surface area contributed by atoms with Gasteiger partial charge in [-0.25, -0.2) is 4.79 Å². The molecule has 0 bridgehead atoms. The molecule has 1 aliphatic rings. The number of aliphatic hydroxyl groups excluding tert-OH is 1. The van der Waals surface area contributed by atoms with Crippen LogP contribution in [0.25, 0.3) is 0 Å². The molecule has 0 radical (unpaired) electrons. The number of likely N-dealkylation sites (N-methyl/N-ethyl adjacent to an activating group) is 1. The van der Waals surface area contributed by atoms with E-state index in [9.17, 15) is 9.90 Å². The number of likely N-dealkylation sites (tertiary alicyclic amines) is 1. The Kier molecular flexibility index (Phi) is 4.98. The van der Waals surface area contributed by atoms with Crippen molar-refractivity contribution in [2.45, 2.75) is 31.9 Å². The maximum atomic E-state index is 11.9. The van der Waals surface area contributed by atoms with Crippen molar-refractivity contribution >= 4 is 11.7 Å². The van der Waals surface area contributed by atoms with Gasteiger partial charge in [0, 0.05) is 18.3 Å². The number of aliphatic hydroxyl groups is 1. The van der Waals surface area contributed by atoms with Crippen molar-refractivity contribution in [2.24, 2.45) is 0 Å². The third kappa shape index (κ3) is 4.21. The van der Waals surface area contributed by atoms with Crippen LogP contribution in [0.3, 0.4) is 0 Å². The van der Waals surface area contributed by atoms with Crippen LogP contribution < -0.4 is 10.6 Å². The lowest BCUT2D eigenvalue weighted by atomic mass is 10.1. The zero-order valence-corrected chi connectivity index (χ0v) is 12.1. The van der Waals surface area contributed by atoms with E-state index in [1.807, 2.05) is 12.1 Å². The van der Waals surface area contributed by atoms with Gasteiger partial charge in [-0.1, -0.05) is 12.1 Å². The number of benzene rings is 1. The van der Waals surface area contributed by atoms with Crippen LogP contribution >= 0.6 is 0 Å². The highest BCUT2D eigenvalue weighted by molar-refractivity contribution is 5.89. The van der Waals surface area contributed by atoms with Gasteiger partial charge in [0.1, 0.15) is 0 Å². The summed E-state index contributed by atoms with van der Waals surface area (Å²) in [5.74, 6) is 0. The van der Waals surface area contributed by atoms with Gasteiger partial charge >= 0.3 is 6.03 Å². The van der Waals surface area contributed by atoms with E-state index in [-0.39, 0.29) is 12.1 Å². The van der Waals surface area contributed by atoms with Crippen LogP contribution in [0.2, 0.25) is 0 Å². The Morgan fingerprint density at radius 3 is 2.70 bits per heavy atom. The summed E-state index contributed by atoms with van der Waals surface area (Å²) in [5.41, 5.74) is 1.57. The van der Waals surface area contributed by atoms with Gasteiger partial charge < -0.3 is 20.6 Å². The van der Waals surface area contributed by atoms with E-state index in [4.69, 9.17) is 0 Å². The average Bonchev–Trinajstić information content (AvgIpc) is 2.39. The molecule has 1 heterocycles. The normalized spacial score (nSPS) is 21.2. The number of carbonyl (C=O) groups excluding carboxylic acids is 1. The second kappa shape index (κ2) is 6.72. The fourth-order valence-corrected chi connectivity index (χ4v) is 2.48. The van der Waals surface area contributed by atoms with Gasteiger partial charge in [0.15, 0.2) is 0 Å². The molecule has 0 spiro atoms. The number of rotatable bonds is 3. The Bertz CT molecular complexity index is 445. The molecule has 2 rings (SSSR count). The average molecular weight is 277 g/mol. The van der Waals surface area contributed by atoms with Gasteiger partial charge in [0.05, 0.1) is 6.10 Å². The van der Waals surface area contributed by atoms with Crippen LogP contribution in [0.1, 0.15) is 31.4 Å². The van der Waals surface area contributed by atoms with Crippen molar-refractivity contribution in [2.75, 3.05) is 25.5 Å². The lowest BCUT2D eigenvalue weighted by Crippen LogP contribution is -2.47. The first-order valence-corrected chi connectivity index (χ1v) is 7.08. The number of hydrogen-bond donors (Lipinski definition) is 3. The largest absolute Gasteiger partial charge is 0.389 e. The maximum Gasteiger partial charge on any atom is 0.319 e. The summed E-state index contributed by atoms with van der Waals surface area (Å²) in [6.07, 6.45) is 1.65. The first-order valence-electron chi connectivity index (χ1n) is 7.08. The van der Waals surface area contributed by atoms with Crippen LogP contribution in [0, 0.1) is 0 Å². The van der Waals surface area contributed by atoms with E-state index in [0.717, 1.165) is 37.2 Å². The summed E-state index contributed by atoms with van der Waals surface area (Å²) in [4.78, 5) is 14.1. The summed E-state index contributed by atoms with van der Waals surface area (Å²) in [5, 5.41) is 15.2. The molecule has 1 aromatic rings. The lowest BCUT2D eigenvalue weighted by Gasteiger charge is -2.30. The Balaban J connectivity index is 1.84. The standard InChI is InChI=1S/C15H23N3O2/c1-11(19)12-5-7-13(8-6-12)16-15(20)17-14-4-3-9-18(2)10-14/h5-8,11,14,19H,3-4,9-10H2,1-2H3,(H2,16,17,20). The van der Waals surface area contributed by atoms with Gasteiger partial charge in [-0.3, -0.25) is 0 Å². The number of nitrogens with zero attached hydrogens (tertiary/aromatic N) is 1. The van der Waals surface area contributed by atoms with E-state index >= 15 is 0 Å². The lowest BCUT2D eigenvalue weighted by molar-refractivity contribution is 0.199. The highest BCUT2D eigenvalue weighted by Crippen LogP contribution is 2.15. The molecular weight excluding hydrogens is 254 g/mol. The SMILES string of the molecule is CC(O)c1ccc(NC(=O)NC2CCCN(C)C2)cc1. The van der Waals surface area contributed by atoms with Crippen LogP contribution in [-0.2, 0) is 0 Å². The Morgan fingerprint density at radius 2 is 2.10 bits per heavy atom. The van der Waals surface area contributed by atoms with Gasteiger partial charge in [-0.05, 0) is 51.1 Å². The van der Waals surface area contributed by atoms with Crippen molar-refractivity contribution in [1.82, 2.24) is 10.2 Å². The molecule has 2 unspecified atom stereocenters. The molecule has 0 aromatic heterocycles. The molecule has 110 valence electrons. The zero-order chi connectivity index (χ0) is 14.5. The van der Waals surface area contributed by atoms with Crippen LogP contribution in [-0.4, -0.2) is 42.2 Å². The van der Waals surface area contributed by atoms with Crippen molar-refractivity contribution in [3.63, 3.8) is 0 Å².